The van der Waals surface area contributed by atoms with Gasteiger partial charge in [0.05, 0.1) is 10.6 Å². The minimum Gasteiger partial charge on any atom is -0.508 e. The average molecular weight is 300 g/mol. The van der Waals surface area contributed by atoms with Crippen molar-refractivity contribution in [3.8, 4) is 5.75 Å². The summed E-state index contributed by atoms with van der Waals surface area (Å²) in [6, 6.07) is 6.95. The van der Waals surface area contributed by atoms with Crippen molar-refractivity contribution in [2.75, 3.05) is 5.73 Å². The van der Waals surface area contributed by atoms with E-state index >= 15 is 0 Å². The van der Waals surface area contributed by atoms with Crippen LogP contribution >= 0.6 is 11.8 Å². The topological polar surface area (TPSA) is 59.1 Å². The number of anilines is 1. The SMILES string of the molecule is Nc1ccc(O)c(CSc2ccc(C(F)(F)F)cn2)c1. The molecule has 2 aromatic rings. The van der Waals surface area contributed by atoms with Crippen LogP contribution in [0.4, 0.5) is 18.9 Å². The van der Waals surface area contributed by atoms with Crippen LogP contribution in [0.5, 0.6) is 5.75 Å². The molecule has 7 heteroatoms. The fraction of sp³-hybridized carbons (Fsp3) is 0.154. The molecule has 0 spiro atoms. The Bertz CT molecular complexity index is 600. The third kappa shape index (κ3) is 3.57. The van der Waals surface area contributed by atoms with E-state index in [9.17, 15) is 18.3 Å². The second-order valence-electron chi connectivity index (χ2n) is 4.06. The van der Waals surface area contributed by atoms with Crippen LogP contribution in [0.1, 0.15) is 11.1 Å². The maximum atomic E-state index is 12.4. The van der Waals surface area contributed by atoms with Gasteiger partial charge in [-0.1, -0.05) is 0 Å². The number of phenols is 1. The summed E-state index contributed by atoms with van der Waals surface area (Å²) in [7, 11) is 0. The molecule has 0 radical (unpaired) electrons. The number of nitrogens with zero attached hydrogens (tertiary/aromatic N) is 1. The van der Waals surface area contributed by atoms with Crippen molar-refractivity contribution in [2.45, 2.75) is 17.0 Å². The van der Waals surface area contributed by atoms with Crippen LogP contribution in [0.3, 0.4) is 0 Å². The molecule has 0 aliphatic carbocycles. The van der Waals surface area contributed by atoms with Gasteiger partial charge in [0.1, 0.15) is 5.75 Å². The Kier molecular flexibility index (Phi) is 4.08. The lowest BCUT2D eigenvalue weighted by Crippen LogP contribution is -2.05. The number of aromatic nitrogens is 1. The van der Waals surface area contributed by atoms with Gasteiger partial charge >= 0.3 is 6.18 Å². The molecule has 0 unspecified atom stereocenters. The molecule has 106 valence electrons. The van der Waals surface area contributed by atoms with Crippen molar-refractivity contribution in [1.29, 1.82) is 0 Å². The standard InChI is InChI=1S/C13H11F3N2OS/c14-13(15,16)9-1-4-12(18-6-9)20-7-8-5-10(17)2-3-11(8)19/h1-6,19H,7,17H2. The fourth-order valence-corrected chi connectivity index (χ4v) is 2.33. The maximum Gasteiger partial charge on any atom is 0.417 e. The summed E-state index contributed by atoms with van der Waals surface area (Å²) in [5.74, 6) is 0.466. The summed E-state index contributed by atoms with van der Waals surface area (Å²) in [6.07, 6.45) is -3.59. The highest BCUT2D eigenvalue weighted by Crippen LogP contribution is 2.31. The van der Waals surface area contributed by atoms with Crippen LogP contribution in [0.2, 0.25) is 0 Å². The first-order valence-electron chi connectivity index (χ1n) is 5.59. The quantitative estimate of drug-likeness (QED) is 0.516. The van der Waals surface area contributed by atoms with Crippen LogP contribution in [0, 0.1) is 0 Å². The predicted molar refractivity (Wildman–Crippen MR) is 71.3 cm³/mol. The molecular weight excluding hydrogens is 289 g/mol. The highest BCUT2D eigenvalue weighted by molar-refractivity contribution is 7.98. The lowest BCUT2D eigenvalue weighted by molar-refractivity contribution is -0.137. The minimum absolute atomic E-state index is 0.0959. The molecule has 3 N–H and O–H groups in total. The van der Waals surface area contributed by atoms with Crippen molar-refractivity contribution in [1.82, 2.24) is 4.98 Å². The van der Waals surface area contributed by atoms with Gasteiger partial charge in [-0.3, -0.25) is 0 Å². The third-order valence-electron chi connectivity index (χ3n) is 2.54. The summed E-state index contributed by atoms with van der Waals surface area (Å²) >= 11 is 1.22. The highest BCUT2D eigenvalue weighted by atomic mass is 32.2. The first-order chi connectivity index (χ1) is 9.36. The first kappa shape index (κ1) is 14.5. The molecule has 1 heterocycles. The van der Waals surface area contributed by atoms with Gasteiger partial charge in [-0.05, 0) is 30.3 Å². The summed E-state index contributed by atoms with van der Waals surface area (Å²) < 4.78 is 37.1. The van der Waals surface area contributed by atoms with E-state index in [1.54, 1.807) is 12.1 Å². The molecule has 3 nitrogen and oxygen atoms in total. The second-order valence-corrected chi connectivity index (χ2v) is 5.06. The van der Waals surface area contributed by atoms with E-state index in [4.69, 9.17) is 5.73 Å². The van der Waals surface area contributed by atoms with Gasteiger partial charge in [-0.15, -0.1) is 11.8 Å². The smallest absolute Gasteiger partial charge is 0.417 e. The first-order valence-corrected chi connectivity index (χ1v) is 6.58. The molecular formula is C13H11F3N2OS. The molecule has 0 aliphatic heterocycles. The van der Waals surface area contributed by atoms with Crippen LogP contribution < -0.4 is 5.73 Å². The largest absolute Gasteiger partial charge is 0.508 e. The number of phenolic OH excluding ortho intramolecular Hbond substituents is 1. The fourth-order valence-electron chi connectivity index (χ4n) is 1.51. The second kappa shape index (κ2) is 5.62. The lowest BCUT2D eigenvalue weighted by Gasteiger charge is -2.07. The molecule has 1 aromatic heterocycles. The average Bonchev–Trinajstić information content (AvgIpc) is 2.39. The number of halogens is 3. The number of thioether (sulfide) groups is 1. The number of rotatable bonds is 3. The Balaban J connectivity index is 2.06. The van der Waals surface area contributed by atoms with E-state index in [1.165, 1.54) is 23.9 Å². The Morgan fingerprint density at radius 2 is 1.95 bits per heavy atom. The van der Waals surface area contributed by atoms with Gasteiger partial charge in [0, 0.05) is 23.2 Å². The number of benzene rings is 1. The van der Waals surface area contributed by atoms with Crippen molar-refractivity contribution in [2.24, 2.45) is 0 Å². The van der Waals surface area contributed by atoms with E-state index in [0.29, 0.717) is 22.0 Å². The maximum absolute atomic E-state index is 12.4. The van der Waals surface area contributed by atoms with Crippen LogP contribution in [-0.4, -0.2) is 10.1 Å². The lowest BCUT2D eigenvalue weighted by atomic mass is 10.2. The normalized spacial score (nSPS) is 11.6. The number of alkyl halides is 3. The highest BCUT2D eigenvalue weighted by Gasteiger charge is 2.30. The summed E-state index contributed by atoms with van der Waals surface area (Å²) in [6.45, 7) is 0. The van der Waals surface area contributed by atoms with Crippen LogP contribution in [0.15, 0.2) is 41.6 Å². The molecule has 1 aromatic carbocycles. The number of pyridine rings is 1. The number of nitrogen functional groups attached to an aromatic ring is 1. The van der Waals surface area contributed by atoms with Gasteiger partial charge < -0.3 is 10.8 Å². The zero-order chi connectivity index (χ0) is 14.8. The van der Waals surface area contributed by atoms with Gasteiger partial charge in [0.25, 0.3) is 0 Å². The predicted octanol–water partition coefficient (Wildman–Crippen LogP) is 3.68. The van der Waals surface area contributed by atoms with Gasteiger partial charge in [-0.25, -0.2) is 4.98 Å². The third-order valence-corrected chi connectivity index (χ3v) is 3.54. The van der Waals surface area contributed by atoms with Crippen molar-refractivity contribution in [3.63, 3.8) is 0 Å². The minimum atomic E-state index is -4.39. The molecule has 2 rings (SSSR count). The molecule has 0 saturated heterocycles. The Labute approximate surface area is 117 Å². The number of aromatic hydroxyl groups is 1. The van der Waals surface area contributed by atoms with E-state index in [0.717, 1.165) is 12.3 Å². The Morgan fingerprint density at radius 1 is 1.20 bits per heavy atom. The molecule has 0 atom stereocenters. The molecule has 0 amide bonds. The van der Waals surface area contributed by atoms with E-state index < -0.39 is 11.7 Å². The molecule has 20 heavy (non-hydrogen) atoms. The van der Waals surface area contributed by atoms with Crippen LogP contribution in [0.25, 0.3) is 0 Å². The summed E-state index contributed by atoms with van der Waals surface area (Å²) in [5.41, 5.74) is 5.94. The number of nitrogens with two attached hydrogens (primary N) is 1. The van der Waals surface area contributed by atoms with Crippen molar-refractivity contribution >= 4 is 17.4 Å². The Hall–Kier alpha value is -1.89. The zero-order valence-electron chi connectivity index (χ0n) is 10.2. The van der Waals surface area contributed by atoms with Gasteiger partial charge in [0.2, 0.25) is 0 Å². The van der Waals surface area contributed by atoms with Gasteiger partial charge in [-0.2, -0.15) is 13.2 Å². The molecule has 0 bridgehead atoms. The Morgan fingerprint density at radius 3 is 2.55 bits per heavy atom. The van der Waals surface area contributed by atoms with Crippen molar-refractivity contribution < 1.29 is 18.3 Å². The molecule has 0 aliphatic rings. The van der Waals surface area contributed by atoms with Gasteiger partial charge in [0.15, 0.2) is 0 Å². The monoisotopic (exact) mass is 300 g/mol. The summed E-state index contributed by atoms with van der Waals surface area (Å²) in [4.78, 5) is 3.74. The zero-order valence-corrected chi connectivity index (χ0v) is 11.0. The van der Waals surface area contributed by atoms with E-state index in [-0.39, 0.29) is 5.75 Å². The van der Waals surface area contributed by atoms with E-state index in [1.807, 2.05) is 0 Å². The van der Waals surface area contributed by atoms with Crippen molar-refractivity contribution in [3.05, 3.63) is 47.7 Å². The number of hydrogen-bond acceptors (Lipinski definition) is 4. The number of hydrogen-bond donors (Lipinski definition) is 2. The molecule has 0 fully saturated rings. The van der Waals surface area contributed by atoms with E-state index in [2.05, 4.69) is 4.98 Å². The van der Waals surface area contributed by atoms with Crippen LogP contribution in [-0.2, 0) is 11.9 Å². The summed E-state index contributed by atoms with van der Waals surface area (Å²) in [5, 5.41) is 10.1. The molecule has 0 saturated carbocycles.